The summed E-state index contributed by atoms with van der Waals surface area (Å²) in [4.78, 5) is 33.2. The number of hydrogen-bond donors (Lipinski definition) is 1. The van der Waals surface area contributed by atoms with Crippen LogP contribution in [-0.4, -0.2) is 58.2 Å². The van der Waals surface area contributed by atoms with E-state index in [1.165, 1.54) is 7.11 Å². The van der Waals surface area contributed by atoms with Crippen LogP contribution in [0.2, 0.25) is 0 Å². The van der Waals surface area contributed by atoms with Gasteiger partial charge in [0.2, 0.25) is 5.82 Å². The van der Waals surface area contributed by atoms with E-state index in [1.54, 1.807) is 12.4 Å². The third kappa shape index (κ3) is 6.78. The molecule has 2 saturated carbocycles. The fraction of sp³-hybridized carbons (Fsp3) is 0.500. The Bertz CT molecular complexity index is 1130. The number of nitrogens with one attached hydrogen (secondary N) is 1. The van der Waals surface area contributed by atoms with Gasteiger partial charge in [0.05, 0.1) is 7.11 Å². The summed E-state index contributed by atoms with van der Waals surface area (Å²) in [6.45, 7) is 2.47. The summed E-state index contributed by atoms with van der Waals surface area (Å²) in [5.74, 6) is -2.40. The summed E-state index contributed by atoms with van der Waals surface area (Å²) < 4.78 is 45.5. The maximum absolute atomic E-state index is 13.6. The van der Waals surface area contributed by atoms with E-state index >= 15 is 0 Å². The molecule has 0 spiro atoms. The minimum Gasteiger partial charge on any atom is -0.463 e. The molecule has 4 rings (SSSR count). The van der Waals surface area contributed by atoms with E-state index in [0.29, 0.717) is 38.6 Å². The fourth-order valence-electron chi connectivity index (χ4n) is 5.32. The Morgan fingerprint density at radius 2 is 1.76 bits per heavy atom. The quantitative estimate of drug-likeness (QED) is 0.463. The topological polar surface area (TPSA) is 84.4 Å². The maximum Gasteiger partial charge on any atom is 0.471 e. The molecule has 1 amide bonds. The number of esters is 1. The highest BCUT2D eigenvalue weighted by Crippen LogP contribution is 2.47. The molecule has 2 aromatic rings. The minimum absolute atomic E-state index is 0.0191. The molecule has 2 aliphatic carbocycles. The number of rotatable bonds is 9. The number of hydrogen-bond acceptors (Lipinski definition) is 6. The zero-order valence-electron chi connectivity index (χ0n) is 21.6. The van der Waals surface area contributed by atoms with Gasteiger partial charge < -0.3 is 15.0 Å². The molecule has 7 nitrogen and oxygen atoms in total. The zero-order valence-corrected chi connectivity index (χ0v) is 21.6. The lowest BCUT2D eigenvalue weighted by Gasteiger charge is -2.38. The first-order valence-electron chi connectivity index (χ1n) is 13.0. The second kappa shape index (κ2) is 12.1. The molecule has 1 aromatic heterocycles. The van der Waals surface area contributed by atoms with Gasteiger partial charge in [0, 0.05) is 48.5 Å². The molecule has 0 aliphatic heterocycles. The normalized spacial score (nSPS) is 23.6. The second-order valence-electron chi connectivity index (χ2n) is 9.90. The van der Waals surface area contributed by atoms with Crippen molar-refractivity contribution in [3.63, 3.8) is 0 Å². The van der Waals surface area contributed by atoms with E-state index < -0.39 is 30.1 Å². The van der Waals surface area contributed by atoms with Crippen LogP contribution in [0.25, 0.3) is 6.08 Å². The van der Waals surface area contributed by atoms with E-state index in [9.17, 15) is 22.8 Å². The number of methoxy groups -OCH3 is 1. The first kappa shape index (κ1) is 27.8. The van der Waals surface area contributed by atoms with Gasteiger partial charge in [-0.05, 0) is 44.1 Å². The molecule has 10 heteroatoms. The van der Waals surface area contributed by atoms with Crippen molar-refractivity contribution in [2.75, 3.05) is 7.11 Å². The van der Waals surface area contributed by atoms with Gasteiger partial charge in [-0.1, -0.05) is 48.9 Å². The van der Waals surface area contributed by atoms with Gasteiger partial charge in [-0.2, -0.15) is 13.2 Å². The van der Waals surface area contributed by atoms with Gasteiger partial charge in [0.1, 0.15) is 0 Å². The van der Waals surface area contributed by atoms with Gasteiger partial charge >= 0.3 is 18.1 Å². The van der Waals surface area contributed by atoms with Crippen molar-refractivity contribution in [1.82, 2.24) is 20.2 Å². The Hall–Kier alpha value is -3.27. The minimum atomic E-state index is -4.89. The van der Waals surface area contributed by atoms with Gasteiger partial charge in [0.15, 0.2) is 0 Å². The highest BCUT2D eigenvalue weighted by molar-refractivity contribution is 5.84. The molecule has 38 heavy (non-hydrogen) atoms. The van der Waals surface area contributed by atoms with Crippen LogP contribution in [-0.2, 0) is 16.1 Å². The van der Waals surface area contributed by atoms with E-state index in [4.69, 9.17) is 0 Å². The summed E-state index contributed by atoms with van der Waals surface area (Å²) in [6, 6.07) is 8.98. The molecule has 0 radical (unpaired) electrons. The lowest BCUT2D eigenvalue weighted by atomic mass is 9.89. The molecule has 0 saturated heterocycles. The molecule has 2 unspecified atom stereocenters. The van der Waals surface area contributed by atoms with Crippen molar-refractivity contribution in [2.45, 2.75) is 76.3 Å². The monoisotopic (exact) mass is 530 g/mol. The SMILES string of the molecule is CC/C(=C\c1ccccc1)C1CC1N(C(=O)C(F)(F)F)[C@H]1CC[C@H](NCc2cnc(C(=O)OC)nc2)CC1. The van der Waals surface area contributed by atoms with Crippen LogP contribution in [0.1, 0.15) is 67.2 Å². The van der Waals surface area contributed by atoms with Gasteiger partial charge in [0.25, 0.3) is 0 Å². The molecule has 1 N–H and O–H groups in total. The molecule has 1 heterocycles. The highest BCUT2D eigenvalue weighted by atomic mass is 19.4. The summed E-state index contributed by atoms with van der Waals surface area (Å²) in [6.07, 6.45) is 3.86. The molecule has 0 bridgehead atoms. The van der Waals surface area contributed by atoms with E-state index in [2.05, 4.69) is 20.0 Å². The van der Waals surface area contributed by atoms with Crippen molar-refractivity contribution in [1.29, 1.82) is 0 Å². The second-order valence-corrected chi connectivity index (χ2v) is 9.90. The predicted octanol–water partition coefficient (Wildman–Crippen LogP) is 4.94. The number of nitrogens with zero attached hydrogens (tertiary/aromatic N) is 3. The summed E-state index contributed by atoms with van der Waals surface area (Å²) in [5.41, 5.74) is 2.88. The Kier molecular flexibility index (Phi) is 8.81. The highest BCUT2D eigenvalue weighted by Gasteiger charge is 2.54. The average molecular weight is 531 g/mol. The number of carbonyl (C=O) groups is 2. The lowest BCUT2D eigenvalue weighted by Crippen LogP contribution is -2.51. The van der Waals surface area contributed by atoms with Crippen LogP contribution in [0.3, 0.4) is 0 Å². The van der Waals surface area contributed by atoms with Crippen LogP contribution < -0.4 is 5.32 Å². The van der Waals surface area contributed by atoms with Gasteiger partial charge in [-0.15, -0.1) is 0 Å². The van der Waals surface area contributed by atoms with E-state index in [1.807, 2.05) is 43.3 Å². The third-order valence-electron chi connectivity index (χ3n) is 7.39. The Morgan fingerprint density at radius 1 is 1.11 bits per heavy atom. The number of aromatic nitrogens is 2. The molecule has 2 fully saturated rings. The number of benzene rings is 1. The Morgan fingerprint density at radius 3 is 2.34 bits per heavy atom. The van der Waals surface area contributed by atoms with E-state index in [0.717, 1.165) is 28.0 Å². The fourth-order valence-corrected chi connectivity index (χ4v) is 5.32. The largest absolute Gasteiger partial charge is 0.471 e. The number of amides is 1. The van der Waals surface area contributed by atoms with Crippen molar-refractivity contribution < 1.29 is 27.5 Å². The molecular weight excluding hydrogens is 497 g/mol. The van der Waals surface area contributed by atoms with Gasteiger partial charge in [-0.25, -0.2) is 14.8 Å². The van der Waals surface area contributed by atoms with Crippen LogP contribution in [0, 0.1) is 5.92 Å². The number of ether oxygens (including phenoxy) is 1. The number of halogens is 3. The van der Waals surface area contributed by atoms with Crippen molar-refractivity contribution in [3.05, 3.63) is 65.2 Å². The maximum atomic E-state index is 13.6. The molecule has 1 aromatic carbocycles. The first-order chi connectivity index (χ1) is 18.2. The van der Waals surface area contributed by atoms with Crippen LogP contribution in [0.15, 0.2) is 48.3 Å². The van der Waals surface area contributed by atoms with E-state index in [-0.39, 0.29) is 17.8 Å². The zero-order chi connectivity index (χ0) is 27.3. The molecule has 2 aliphatic rings. The summed E-state index contributed by atoms with van der Waals surface area (Å²) in [7, 11) is 1.26. The number of alkyl halides is 3. The predicted molar refractivity (Wildman–Crippen MR) is 136 cm³/mol. The van der Waals surface area contributed by atoms with Gasteiger partial charge in [-0.3, -0.25) is 4.79 Å². The van der Waals surface area contributed by atoms with Crippen molar-refractivity contribution >= 4 is 18.0 Å². The molecule has 204 valence electrons. The Balaban J connectivity index is 1.37. The third-order valence-corrected chi connectivity index (χ3v) is 7.39. The van der Waals surface area contributed by atoms with Crippen molar-refractivity contribution in [3.8, 4) is 0 Å². The average Bonchev–Trinajstić information content (AvgIpc) is 3.71. The van der Waals surface area contributed by atoms with Crippen LogP contribution in [0.4, 0.5) is 13.2 Å². The molecule has 2 atom stereocenters. The first-order valence-corrected chi connectivity index (χ1v) is 13.0. The van der Waals surface area contributed by atoms with Crippen LogP contribution >= 0.6 is 0 Å². The smallest absolute Gasteiger partial charge is 0.463 e. The summed E-state index contributed by atoms with van der Waals surface area (Å²) >= 11 is 0. The Labute approximate surface area is 220 Å². The van der Waals surface area contributed by atoms with Crippen LogP contribution in [0.5, 0.6) is 0 Å². The lowest BCUT2D eigenvalue weighted by molar-refractivity contribution is -0.189. The molecular formula is C28H33F3N4O3. The standard InChI is InChI=1S/C28H33F3N4O3/c1-3-20(13-18-7-5-4-6-8-18)23-14-24(23)35(27(37)28(29,30)31)22-11-9-21(10-12-22)32-15-19-16-33-25(34-17-19)26(36)38-2/h4-8,13,16-17,21-24,32H,3,9-12,14-15H2,1-2H3/b20-13+/t21-,22-,23?,24?. The van der Waals surface area contributed by atoms with Crippen molar-refractivity contribution in [2.24, 2.45) is 5.92 Å². The summed E-state index contributed by atoms with van der Waals surface area (Å²) in [5, 5.41) is 3.40. The number of carbonyl (C=O) groups excluding carboxylic acids is 2.